The van der Waals surface area contributed by atoms with Crippen molar-refractivity contribution in [3.8, 4) is 0 Å². The van der Waals surface area contributed by atoms with Crippen LogP contribution in [0.15, 0.2) is 33.6 Å². The molecule has 0 amide bonds. The second kappa shape index (κ2) is 4.83. The summed E-state index contributed by atoms with van der Waals surface area (Å²) >= 11 is 3.26. The Morgan fingerprint density at radius 2 is 2.25 bits per heavy atom. The van der Waals surface area contributed by atoms with Crippen molar-refractivity contribution in [1.29, 1.82) is 0 Å². The van der Waals surface area contributed by atoms with E-state index in [4.69, 9.17) is 0 Å². The predicted molar refractivity (Wildman–Crippen MR) is 65.7 cm³/mol. The molecule has 88 valence electrons. The summed E-state index contributed by atoms with van der Waals surface area (Å²) in [6.07, 6.45) is 0.841. The van der Waals surface area contributed by atoms with E-state index in [1.54, 1.807) is 24.3 Å². The molecular weight excluding hydrogens is 292 g/mol. The highest BCUT2D eigenvalue weighted by Gasteiger charge is 2.22. The molecule has 1 aromatic rings. The molecule has 1 fully saturated rings. The topological polar surface area (TPSA) is 58.2 Å². The van der Waals surface area contributed by atoms with Crippen molar-refractivity contribution in [3.05, 3.63) is 28.7 Å². The molecule has 16 heavy (non-hydrogen) atoms. The molecule has 1 aliphatic heterocycles. The van der Waals surface area contributed by atoms with Gasteiger partial charge in [0, 0.05) is 17.1 Å². The van der Waals surface area contributed by atoms with Gasteiger partial charge in [-0.05, 0) is 31.2 Å². The molecule has 4 nitrogen and oxygen atoms in total. The van der Waals surface area contributed by atoms with Gasteiger partial charge >= 0.3 is 0 Å². The SMILES string of the molecule is O=S(=O)(N[C@@H]1CCNC1)c1cccc(Br)c1. The van der Waals surface area contributed by atoms with Gasteiger partial charge in [0.1, 0.15) is 0 Å². The van der Waals surface area contributed by atoms with E-state index in [0.29, 0.717) is 11.4 Å². The molecule has 0 radical (unpaired) electrons. The Bertz CT molecular complexity index is 469. The molecule has 2 rings (SSSR count). The molecule has 1 atom stereocenters. The van der Waals surface area contributed by atoms with E-state index in [-0.39, 0.29) is 6.04 Å². The number of nitrogens with one attached hydrogen (secondary N) is 2. The van der Waals surface area contributed by atoms with Gasteiger partial charge in [0.25, 0.3) is 0 Å². The van der Waals surface area contributed by atoms with Crippen molar-refractivity contribution in [1.82, 2.24) is 10.0 Å². The number of halogens is 1. The van der Waals surface area contributed by atoms with Crippen molar-refractivity contribution in [2.45, 2.75) is 17.4 Å². The fourth-order valence-electron chi connectivity index (χ4n) is 1.68. The van der Waals surface area contributed by atoms with Crippen molar-refractivity contribution in [2.75, 3.05) is 13.1 Å². The average molecular weight is 305 g/mol. The predicted octanol–water partition coefficient (Wildman–Crippen LogP) is 1.09. The molecular formula is C10H13BrN2O2S. The third kappa shape index (κ3) is 2.82. The summed E-state index contributed by atoms with van der Waals surface area (Å²) in [5.74, 6) is 0. The molecule has 2 N–H and O–H groups in total. The zero-order valence-corrected chi connectivity index (χ0v) is 11.0. The van der Waals surface area contributed by atoms with Crippen LogP contribution >= 0.6 is 15.9 Å². The lowest BCUT2D eigenvalue weighted by atomic mass is 10.3. The fraction of sp³-hybridized carbons (Fsp3) is 0.400. The summed E-state index contributed by atoms with van der Waals surface area (Å²) in [6.45, 7) is 1.57. The van der Waals surface area contributed by atoms with Gasteiger partial charge in [0.2, 0.25) is 10.0 Å². The number of rotatable bonds is 3. The highest BCUT2D eigenvalue weighted by Crippen LogP contribution is 2.16. The standard InChI is InChI=1S/C10H13BrN2O2S/c11-8-2-1-3-10(6-8)16(14,15)13-9-4-5-12-7-9/h1-3,6,9,12-13H,4-5,7H2/t9-/m1/s1. The van der Waals surface area contributed by atoms with Gasteiger partial charge in [-0.3, -0.25) is 0 Å². The van der Waals surface area contributed by atoms with E-state index in [1.807, 2.05) is 0 Å². The van der Waals surface area contributed by atoms with E-state index in [1.165, 1.54) is 0 Å². The molecule has 0 aliphatic carbocycles. The molecule has 0 spiro atoms. The summed E-state index contributed by atoms with van der Waals surface area (Å²) in [5, 5.41) is 3.12. The Morgan fingerprint density at radius 1 is 1.44 bits per heavy atom. The maximum atomic E-state index is 12.0. The monoisotopic (exact) mass is 304 g/mol. The Kier molecular flexibility index (Phi) is 3.63. The minimum absolute atomic E-state index is 0.00369. The van der Waals surface area contributed by atoms with Crippen LogP contribution in [0.25, 0.3) is 0 Å². The molecule has 1 aliphatic rings. The lowest BCUT2D eigenvalue weighted by molar-refractivity contribution is 0.560. The van der Waals surface area contributed by atoms with Gasteiger partial charge in [0.15, 0.2) is 0 Å². The van der Waals surface area contributed by atoms with E-state index in [2.05, 4.69) is 26.0 Å². The van der Waals surface area contributed by atoms with E-state index in [0.717, 1.165) is 17.4 Å². The molecule has 6 heteroatoms. The van der Waals surface area contributed by atoms with Gasteiger partial charge in [0.05, 0.1) is 4.90 Å². The van der Waals surface area contributed by atoms with Crippen molar-refractivity contribution in [2.24, 2.45) is 0 Å². The molecule has 0 aromatic heterocycles. The zero-order valence-electron chi connectivity index (χ0n) is 8.61. The number of hydrogen-bond donors (Lipinski definition) is 2. The van der Waals surface area contributed by atoms with Crippen LogP contribution < -0.4 is 10.0 Å². The third-order valence-electron chi connectivity index (χ3n) is 2.49. The Hall–Kier alpha value is -0.430. The number of sulfonamides is 1. The van der Waals surface area contributed by atoms with Crippen LogP contribution in [0.3, 0.4) is 0 Å². The molecule has 0 saturated carbocycles. The van der Waals surface area contributed by atoms with Gasteiger partial charge in [-0.25, -0.2) is 13.1 Å². The van der Waals surface area contributed by atoms with Crippen LogP contribution in [0.5, 0.6) is 0 Å². The number of hydrogen-bond acceptors (Lipinski definition) is 3. The smallest absolute Gasteiger partial charge is 0.240 e. The Morgan fingerprint density at radius 3 is 2.88 bits per heavy atom. The zero-order chi connectivity index (χ0) is 11.6. The van der Waals surface area contributed by atoms with E-state index >= 15 is 0 Å². The quantitative estimate of drug-likeness (QED) is 0.879. The maximum Gasteiger partial charge on any atom is 0.240 e. The first-order chi connectivity index (χ1) is 7.58. The molecule has 1 aromatic carbocycles. The van der Waals surface area contributed by atoms with Gasteiger partial charge in [-0.15, -0.1) is 0 Å². The minimum Gasteiger partial charge on any atom is -0.315 e. The van der Waals surface area contributed by atoms with Crippen LogP contribution in [0.4, 0.5) is 0 Å². The first-order valence-electron chi connectivity index (χ1n) is 5.06. The van der Waals surface area contributed by atoms with Gasteiger partial charge < -0.3 is 5.32 Å². The van der Waals surface area contributed by atoms with Crippen molar-refractivity contribution in [3.63, 3.8) is 0 Å². The molecule has 0 bridgehead atoms. The second-order valence-electron chi connectivity index (χ2n) is 3.77. The van der Waals surface area contributed by atoms with Crippen LogP contribution in [0.2, 0.25) is 0 Å². The second-order valence-corrected chi connectivity index (χ2v) is 6.40. The van der Waals surface area contributed by atoms with Crippen molar-refractivity contribution >= 4 is 26.0 Å². The molecule has 0 unspecified atom stereocenters. The summed E-state index contributed by atoms with van der Waals surface area (Å²) in [5.41, 5.74) is 0. The molecule has 1 saturated heterocycles. The summed E-state index contributed by atoms with van der Waals surface area (Å²) in [7, 11) is -3.39. The summed E-state index contributed by atoms with van der Waals surface area (Å²) < 4.78 is 27.4. The average Bonchev–Trinajstić information content (AvgIpc) is 2.70. The highest BCUT2D eigenvalue weighted by atomic mass is 79.9. The van der Waals surface area contributed by atoms with Gasteiger partial charge in [-0.2, -0.15) is 0 Å². The van der Waals surface area contributed by atoms with Crippen molar-refractivity contribution < 1.29 is 8.42 Å². The third-order valence-corrected chi connectivity index (χ3v) is 4.50. The first kappa shape index (κ1) is 12.0. The minimum atomic E-state index is -3.39. The lowest BCUT2D eigenvalue weighted by Gasteiger charge is -2.11. The Balaban J connectivity index is 2.18. The van der Waals surface area contributed by atoms with Crippen LogP contribution in [-0.2, 0) is 10.0 Å². The van der Waals surface area contributed by atoms with Crippen LogP contribution in [0, 0.1) is 0 Å². The number of benzene rings is 1. The lowest BCUT2D eigenvalue weighted by Crippen LogP contribution is -2.36. The summed E-state index contributed by atoms with van der Waals surface area (Å²) in [4.78, 5) is 0.300. The van der Waals surface area contributed by atoms with Crippen LogP contribution in [0.1, 0.15) is 6.42 Å². The van der Waals surface area contributed by atoms with E-state index in [9.17, 15) is 8.42 Å². The first-order valence-corrected chi connectivity index (χ1v) is 7.34. The summed E-state index contributed by atoms with van der Waals surface area (Å²) in [6, 6.07) is 6.71. The highest BCUT2D eigenvalue weighted by molar-refractivity contribution is 9.10. The normalized spacial score (nSPS) is 21.2. The van der Waals surface area contributed by atoms with Crippen LogP contribution in [-0.4, -0.2) is 27.5 Å². The Labute approximate surface area is 104 Å². The maximum absolute atomic E-state index is 12.0. The largest absolute Gasteiger partial charge is 0.315 e. The van der Waals surface area contributed by atoms with E-state index < -0.39 is 10.0 Å². The fourth-order valence-corrected chi connectivity index (χ4v) is 3.54. The van der Waals surface area contributed by atoms with Gasteiger partial charge in [-0.1, -0.05) is 22.0 Å². The molecule has 1 heterocycles.